The van der Waals surface area contributed by atoms with Gasteiger partial charge in [-0.1, -0.05) is 18.2 Å². The predicted molar refractivity (Wildman–Crippen MR) is 83.0 cm³/mol. The van der Waals surface area contributed by atoms with Gasteiger partial charge in [0.05, 0.1) is 17.6 Å². The summed E-state index contributed by atoms with van der Waals surface area (Å²) in [6.45, 7) is 1.51. The number of carbonyl (C=O) groups is 2. The fourth-order valence-electron chi connectivity index (χ4n) is 2.47. The Morgan fingerprint density at radius 1 is 1.17 bits per heavy atom. The standard InChI is InChI=1S/C17H13NO5/c1-10(19)11-6-7-14-15(8-11)23-17(22)18(14)9-12-4-2-3-5-13(12)16(20)21/h2-8H,9H2,1H3,(H,20,21). The van der Waals surface area contributed by atoms with E-state index in [1.54, 1.807) is 30.3 Å². The van der Waals surface area contributed by atoms with E-state index in [1.807, 2.05) is 0 Å². The molecule has 0 aliphatic carbocycles. The van der Waals surface area contributed by atoms with Crippen LogP contribution in [0.1, 0.15) is 33.2 Å². The van der Waals surface area contributed by atoms with Gasteiger partial charge in [0.1, 0.15) is 0 Å². The SMILES string of the molecule is CC(=O)c1ccc2c(c1)oc(=O)n2Cc1ccccc1C(=O)O. The Kier molecular flexibility index (Phi) is 3.57. The van der Waals surface area contributed by atoms with Crippen molar-refractivity contribution in [3.8, 4) is 0 Å². The highest BCUT2D eigenvalue weighted by molar-refractivity contribution is 5.97. The highest BCUT2D eigenvalue weighted by atomic mass is 16.4. The largest absolute Gasteiger partial charge is 0.478 e. The summed E-state index contributed by atoms with van der Waals surface area (Å²) in [5.74, 6) is -1.78. The fourth-order valence-corrected chi connectivity index (χ4v) is 2.47. The molecule has 3 rings (SSSR count). The van der Waals surface area contributed by atoms with Crippen molar-refractivity contribution in [2.75, 3.05) is 0 Å². The summed E-state index contributed by atoms with van der Waals surface area (Å²) in [5, 5.41) is 9.23. The van der Waals surface area contributed by atoms with Crippen LogP contribution in [0.15, 0.2) is 51.7 Å². The lowest BCUT2D eigenvalue weighted by Crippen LogP contribution is -2.16. The first-order chi connectivity index (χ1) is 11.0. The van der Waals surface area contributed by atoms with Gasteiger partial charge in [-0.3, -0.25) is 9.36 Å². The average Bonchev–Trinajstić information content (AvgIpc) is 2.82. The number of Topliss-reactive ketones (excluding diaryl/α,β-unsaturated/α-hetero) is 1. The smallest absolute Gasteiger partial charge is 0.420 e. The van der Waals surface area contributed by atoms with E-state index in [-0.39, 0.29) is 17.9 Å². The number of carboxylic acids is 1. The van der Waals surface area contributed by atoms with Gasteiger partial charge in [-0.15, -0.1) is 0 Å². The van der Waals surface area contributed by atoms with E-state index in [2.05, 4.69) is 0 Å². The van der Waals surface area contributed by atoms with Gasteiger partial charge in [0, 0.05) is 5.56 Å². The van der Waals surface area contributed by atoms with Gasteiger partial charge < -0.3 is 9.52 Å². The van der Waals surface area contributed by atoms with Crippen molar-refractivity contribution in [1.82, 2.24) is 4.57 Å². The number of aromatic carboxylic acids is 1. The topological polar surface area (TPSA) is 89.5 Å². The second kappa shape index (κ2) is 5.57. The van der Waals surface area contributed by atoms with E-state index in [0.29, 0.717) is 22.2 Å². The molecule has 6 nitrogen and oxygen atoms in total. The van der Waals surface area contributed by atoms with Crippen LogP contribution in [0.5, 0.6) is 0 Å². The highest BCUT2D eigenvalue weighted by Crippen LogP contribution is 2.18. The van der Waals surface area contributed by atoms with Crippen molar-refractivity contribution in [2.45, 2.75) is 13.5 Å². The Morgan fingerprint density at radius 2 is 1.91 bits per heavy atom. The third-order valence-electron chi connectivity index (χ3n) is 3.65. The number of benzene rings is 2. The summed E-state index contributed by atoms with van der Waals surface area (Å²) >= 11 is 0. The third-order valence-corrected chi connectivity index (χ3v) is 3.65. The van der Waals surface area contributed by atoms with Crippen LogP contribution >= 0.6 is 0 Å². The predicted octanol–water partition coefficient (Wildman–Crippen LogP) is 2.54. The number of carboxylic acid groups (broad SMARTS) is 1. The zero-order valence-corrected chi connectivity index (χ0v) is 12.3. The maximum atomic E-state index is 12.1. The molecule has 0 saturated heterocycles. The van der Waals surface area contributed by atoms with Gasteiger partial charge in [0.25, 0.3) is 0 Å². The molecule has 0 amide bonds. The van der Waals surface area contributed by atoms with E-state index in [0.717, 1.165) is 0 Å². The maximum Gasteiger partial charge on any atom is 0.420 e. The number of oxazole rings is 1. The van der Waals surface area contributed by atoms with E-state index in [4.69, 9.17) is 4.42 Å². The number of rotatable bonds is 4. The van der Waals surface area contributed by atoms with Crippen molar-refractivity contribution in [3.63, 3.8) is 0 Å². The van der Waals surface area contributed by atoms with Crippen LogP contribution in [0.4, 0.5) is 0 Å². The quantitative estimate of drug-likeness (QED) is 0.748. The number of fused-ring (bicyclic) bond motifs is 1. The molecule has 0 fully saturated rings. The average molecular weight is 311 g/mol. The van der Waals surface area contributed by atoms with E-state index in [9.17, 15) is 19.5 Å². The molecule has 0 atom stereocenters. The minimum Gasteiger partial charge on any atom is -0.478 e. The third kappa shape index (κ3) is 2.66. The first-order valence-electron chi connectivity index (χ1n) is 6.93. The van der Waals surface area contributed by atoms with Crippen LogP contribution in [0.2, 0.25) is 0 Å². The number of ketones is 1. The molecular weight excluding hydrogens is 298 g/mol. The van der Waals surface area contributed by atoms with Gasteiger partial charge in [-0.25, -0.2) is 9.59 Å². The zero-order valence-electron chi connectivity index (χ0n) is 12.3. The molecule has 0 aliphatic rings. The fraction of sp³-hybridized carbons (Fsp3) is 0.118. The molecule has 0 saturated carbocycles. The lowest BCUT2D eigenvalue weighted by Gasteiger charge is -2.06. The van der Waals surface area contributed by atoms with E-state index < -0.39 is 11.7 Å². The second-order valence-corrected chi connectivity index (χ2v) is 5.16. The van der Waals surface area contributed by atoms with Gasteiger partial charge in [-0.05, 0) is 36.8 Å². The molecule has 0 bridgehead atoms. The van der Waals surface area contributed by atoms with Crippen molar-refractivity contribution >= 4 is 22.9 Å². The zero-order chi connectivity index (χ0) is 16.6. The Balaban J connectivity index is 2.11. The van der Waals surface area contributed by atoms with Gasteiger partial charge in [0.2, 0.25) is 0 Å². The number of carbonyl (C=O) groups excluding carboxylic acids is 1. The molecular formula is C17H13NO5. The summed E-state index contributed by atoms with van der Waals surface area (Å²) in [7, 11) is 0. The molecule has 116 valence electrons. The lowest BCUT2D eigenvalue weighted by molar-refractivity contribution is 0.0695. The molecule has 0 radical (unpaired) electrons. The monoisotopic (exact) mass is 311 g/mol. The number of nitrogens with zero attached hydrogens (tertiary/aromatic N) is 1. The van der Waals surface area contributed by atoms with Gasteiger partial charge >= 0.3 is 11.7 Å². The van der Waals surface area contributed by atoms with Crippen LogP contribution in [0.3, 0.4) is 0 Å². The first-order valence-corrected chi connectivity index (χ1v) is 6.93. The Hall–Kier alpha value is -3.15. The maximum absolute atomic E-state index is 12.1. The second-order valence-electron chi connectivity index (χ2n) is 5.16. The van der Waals surface area contributed by atoms with Gasteiger partial charge in [-0.2, -0.15) is 0 Å². The Bertz CT molecular complexity index is 980. The lowest BCUT2D eigenvalue weighted by atomic mass is 10.1. The Labute approximate surface area is 130 Å². The molecule has 1 N–H and O–H groups in total. The van der Waals surface area contributed by atoms with Crippen molar-refractivity contribution in [1.29, 1.82) is 0 Å². The van der Waals surface area contributed by atoms with Crippen LogP contribution in [-0.4, -0.2) is 21.4 Å². The summed E-state index contributed by atoms with van der Waals surface area (Å²) < 4.78 is 6.52. The summed E-state index contributed by atoms with van der Waals surface area (Å²) in [5.41, 5.74) is 1.90. The molecule has 0 aliphatic heterocycles. The number of aromatic nitrogens is 1. The van der Waals surface area contributed by atoms with Crippen molar-refractivity contribution in [3.05, 3.63) is 69.7 Å². The van der Waals surface area contributed by atoms with E-state index >= 15 is 0 Å². The molecule has 1 aromatic heterocycles. The van der Waals surface area contributed by atoms with E-state index in [1.165, 1.54) is 23.6 Å². The molecule has 1 heterocycles. The van der Waals surface area contributed by atoms with Crippen molar-refractivity contribution < 1.29 is 19.1 Å². The van der Waals surface area contributed by atoms with Crippen LogP contribution in [-0.2, 0) is 6.54 Å². The molecule has 23 heavy (non-hydrogen) atoms. The van der Waals surface area contributed by atoms with Crippen LogP contribution in [0, 0.1) is 0 Å². The molecule has 0 spiro atoms. The molecule has 0 unspecified atom stereocenters. The van der Waals surface area contributed by atoms with Crippen LogP contribution in [0.25, 0.3) is 11.1 Å². The minimum atomic E-state index is -1.06. The minimum absolute atomic E-state index is 0.0771. The molecule has 6 heteroatoms. The molecule has 2 aromatic carbocycles. The number of hydrogen-bond donors (Lipinski definition) is 1. The summed E-state index contributed by atoms with van der Waals surface area (Å²) in [6.07, 6.45) is 0. The van der Waals surface area contributed by atoms with Crippen LogP contribution < -0.4 is 5.76 Å². The van der Waals surface area contributed by atoms with Gasteiger partial charge in [0.15, 0.2) is 11.4 Å². The Morgan fingerprint density at radius 3 is 2.61 bits per heavy atom. The molecule has 3 aromatic rings. The summed E-state index contributed by atoms with van der Waals surface area (Å²) in [6, 6.07) is 11.2. The first kappa shape index (κ1) is 14.8. The van der Waals surface area contributed by atoms with Crippen molar-refractivity contribution in [2.24, 2.45) is 0 Å². The number of hydrogen-bond acceptors (Lipinski definition) is 4. The normalized spacial score (nSPS) is 10.8. The highest BCUT2D eigenvalue weighted by Gasteiger charge is 2.15. The summed E-state index contributed by atoms with van der Waals surface area (Å²) in [4.78, 5) is 34.7.